The van der Waals surface area contributed by atoms with Gasteiger partial charge in [-0.05, 0) is 56.2 Å². The number of carbonyl (C=O) groups excluding carboxylic acids is 2. The van der Waals surface area contributed by atoms with Crippen molar-refractivity contribution in [2.45, 2.75) is 45.3 Å². The SMILES string of the molecule is C[C@H](OC(=O)c1ccc2c(=O)n3c(nc2c1)CCCCC3)C(=O)Nc1cc(Cl)cc(Cl)c1. The Morgan fingerprint density at radius 2 is 1.84 bits per heavy atom. The van der Waals surface area contributed by atoms with Gasteiger partial charge >= 0.3 is 5.97 Å². The molecule has 0 radical (unpaired) electrons. The Labute approximate surface area is 194 Å². The minimum Gasteiger partial charge on any atom is -0.449 e. The number of rotatable bonds is 4. The van der Waals surface area contributed by atoms with Crippen LogP contribution in [0.2, 0.25) is 10.0 Å². The average Bonchev–Trinajstić information content (AvgIpc) is 2.98. The van der Waals surface area contributed by atoms with Crippen molar-refractivity contribution in [2.75, 3.05) is 5.32 Å². The van der Waals surface area contributed by atoms with E-state index in [0.717, 1.165) is 31.5 Å². The number of amides is 1. The predicted octanol–water partition coefficient (Wildman–Crippen LogP) is 4.61. The molecule has 9 heteroatoms. The van der Waals surface area contributed by atoms with E-state index in [0.29, 0.717) is 33.2 Å². The van der Waals surface area contributed by atoms with Crippen LogP contribution in [0.5, 0.6) is 0 Å². The Morgan fingerprint density at radius 3 is 2.59 bits per heavy atom. The first-order valence-electron chi connectivity index (χ1n) is 10.3. The van der Waals surface area contributed by atoms with Crippen molar-refractivity contribution in [3.8, 4) is 0 Å². The number of anilines is 1. The molecular weight excluding hydrogens is 453 g/mol. The molecule has 0 spiro atoms. The molecule has 0 fully saturated rings. The van der Waals surface area contributed by atoms with Crippen LogP contribution in [0.4, 0.5) is 5.69 Å². The van der Waals surface area contributed by atoms with Crippen LogP contribution in [-0.2, 0) is 22.5 Å². The number of fused-ring (bicyclic) bond motifs is 2. The van der Waals surface area contributed by atoms with Crippen LogP contribution in [0.25, 0.3) is 10.9 Å². The van der Waals surface area contributed by atoms with Gasteiger partial charge in [-0.1, -0.05) is 29.6 Å². The molecule has 0 unspecified atom stereocenters. The highest BCUT2D eigenvalue weighted by molar-refractivity contribution is 6.35. The first kappa shape index (κ1) is 22.3. The van der Waals surface area contributed by atoms with Crippen molar-refractivity contribution >= 4 is 51.7 Å². The zero-order valence-corrected chi connectivity index (χ0v) is 18.9. The van der Waals surface area contributed by atoms with Crippen LogP contribution in [-0.4, -0.2) is 27.5 Å². The van der Waals surface area contributed by atoms with Gasteiger partial charge in [-0.3, -0.25) is 14.2 Å². The zero-order chi connectivity index (χ0) is 22.8. The molecule has 3 aromatic rings. The highest BCUT2D eigenvalue weighted by Gasteiger charge is 2.21. The molecule has 1 N–H and O–H groups in total. The molecule has 7 nitrogen and oxygen atoms in total. The van der Waals surface area contributed by atoms with Gasteiger partial charge in [-0.25, -0.2) is 9.78 Å². The topological polar surface area (TPSA) is 90.3 Å². The van der Waals surface area contributed by atoms with E-state index >= 15 is 0 Å². The number of benzene rings is 2. The van der Waals surface area contributed by atoms with Gasteiger partial charge in [0.1, 0.15) is 5.82 Å². The van der Waals surface area contributed by atoms with Crippen molar-refractivity contribution in [2.24, 2.45) is 0 Å². The quantitative estimate of drug-likeness (QED) is 0.558. The van der Waals surface area contributed by atoms with Crippen LogP contribution < -0.4 is 10.9 Å². The summed E-state index contributed by atoms with van der Waals surface area (Å²) < 4.78 is 7.04. The van der Waals surface area contributed by atoms with Gasteiger partial charge in [-0.15, -0.1) is 0 Å². The fourth-order valence-corrected chi connectivity index (χ4v) is 4.22. The molecule has 0 saturated carbocycles. The number of ether oxygens (including phenoxy) is 1. The van der Waals surface area contributed by atoms with E-state index in [1.165, 1.54) is 31.2 Å². The summed E-state index contributed by atoms with van der Waals surface area (Å²) in [6.45, 7) is 2.12. The van der Waals surface area contributed by atoms with E-state index in [1.54, 1.807) is 16.7 Å². The lowest BCUT2D eigenvalue weighted by atomic mass is 10.1. The van der Waals surface area contributed by atoms with Crippen molar-refractivity contribution < 1.29 is 14.3 Å². The number of aryl methyl sites for hydroxylation is 1. The zero-order valence-electron chi connectivity index (χ0n) is 17.4. The maximum atomic E-state index is 12.8. The van der Waals surface area contributed by atoms with E-state index in [9.17, 15) is 14.4 Å². The normalized spacial score (nSPS) is 14.3. The highest BCUT2D eigenvalue weighted by atomic mass is 35.5. The maximum absolute atomic E-state index is 12.8. The van der Waals surface area contributed by atoms with Gasteiger partial charge < -0.3 is 10.1 Å². The summed E-state index contributed by atoms with van der Waals surface area (Å²) >= 11 is 11.9. The summed E-state index contributed by atoms with van der Waals surface area (Å²) in [6.07, 6.45) is 2.64. The Bertz CT molecular complexity index is 1250. The predicted molar refractivity (Wildman–Crippen MR) is 124 cm³/mol. The van der Waals surface area contributed by atoms with Crippen LogP contribution in [0.1, 0.15) is 42.4 Å². The van der Waals surface area contributed by atoms with Gasteiger partial charge in [0.15, 0.2) is 6.10 Å². The lowest BCUT2D eigenvalue weighted by Crippen LogP contribution is -2.30. The molecule has 32 heavy (non-hydrogen) atoms. The monoisotopic (exact) mass is 473 g/mol. The number of esters is 1. The second-order valence-electron chi connectivity index (χ2n) is 7.72. The standard InChI is InChI=1S/C23H21Cl2N3O4/c1-13(21(29)26-17-11-15(24)10-16(25)12-17)32-23(31)14-6-7-18-19(9-14)27-20-5-3-2-4-8-28(20)22(18)30/h6-7,9-13H,2-5,8H2,1H3,(H,26,29)/t13-/m0/s1. The molecule has 1 aromatic heterocycles. The van der Waals surface area contributed by atoms with Crippen LogP contribution in [0.3, 0.4) is 0 Å². The first-order valence-corrected chi connectivity index (χ1v) is 11.1. The van der Waals surface area contributed by atoms with E-state index in [2.05, 4.69) is 10.3 Å². The van der Waals surface area contributed by atoms with Crippen molar-refractivity contribution in [1.82, 2.24) is 9.55 Å². The summed E-state index contributed by atoms with van der Waals surface area (Å²) in [6, 6.07) is 9.25. The summed E-state index contributed by atoms with van der Waals surface area (Å²) in [5.41, 5.74) is 0.961. The molecule has 1 aliphatic heterocycles. The Kier molecular flexibility index (Phi) is 6.48. The Morgan fingerprint density at radius 1 is 1.09 bits per heavy atom. The first-order chi connectivity index (χ1) is 15.3. The van der Waals surface area contributed by atoms with Crippen LogP contribution in [0, 0.1) is 0 Å². The summed E-state index contributed by atoms with van der Waals surface area (Å²) in [5.74, 6) is -0.479. The lowest BCUT2D eigenvalue weighted by molar-refractivity contribution is -0.123. The molecule has 0 bridgehead atoms. The largest absolute Gasteiger partial charge is 0.449 e. The smallest absolute Gasteiger partial charge is 0.338 e. The summed E-state index contributed by atoms with van der Waals surface area (Å²) in [4.78, 5) is 42.5. The van der Waals surface area contributed by atoms with Crippen molar-refractivity contribution in [3.05, 3.63) is 68.2 Å². The Balaban J connectivity index is 1.51. The maximum Gasteiger partial charge on any atom is 0.338 e. The molecule has 0 aliphatic carbocycles. The molecule has 0 saturated heterocycles. The van der Waals surface area contributed by atoms with E-state index in [1.807, 2.05) is 0 Å². The summed E-state index contributed by atoms with van der Waals surface area (Å²) in [7, 11) is 0. The fraction of sp³-hybridized carbons (Fsp3) is 0.304. The molecule has 2 heterocycles. The Hall–Kier alpha value is -2.90. The fourth-order valence-electron chi connectivity index (χ4n) is 3.70. The number of aromatic nitrogens is 2. The third-order valence-electron chi connectivity index (χ3n) is 5.34. The number of hydrogen-bond acceptors (Lipinski definition) is 5. The molecule has 1 atom stereocenters. The van der Waals surface area contributed by atoms with Crippen molar-refractivity contribution in [1.29, 1.82) is 0 Å². The minimum absolute atomic E-state index is 0.0975. The number of carbonyl (C=O) groups is 2. The molecule has 2 aromatic carbocycles. The average molecular weight is 474 g/mol. The van der Waals surface area contributed by atoms with Crippen molar-refractivity contribution in [3.63, 3.8) is 0 Å². The van der Waals surface area contributed by atoms with Gasteiger partial charge in [0.05, 0.1) is 16.5 Å². The van der Waals surface area contributed by atoms with E-state index in [-0.39, 0.29) is 11.1 Å². The van der Waals surface area contributed by atoms with E-state index < -0.39 is 18.0 Å². The lowest BCUT2D eigenvalue weighted by Gasteiger charge is -2.14. The summed E-state index contributed by atoms with van der Waals surface area (Å²) in [5, 5.41) is 3.81. The van der Waals surface area contributed by atoms with Gasteiger partial charge in [0.25, 0.3) is 11.5 Å². The molecular formula is C23H21Cl2N3O4. The molecule has 166 valence electrons. The number of nitrogens with zero attached hydrogens (tertiary/aromatic N) is 2. The van der Waals surface area contributed by atoms with E-state index in [4.69, 9.17) is 27.9 Å². The second kappa shape index (κ2) is 9.30. The third kappa shape index (κ3) is 4.79. The molecule has 4 rings (SSSR count). The van der Waals surface area contributed by atoms with Gasteiger partial charge in [0, 0.05) is 28.7 Å². The number of nitrogens with one attached hydrogen (secondary N) is 1. The van der Waals surface area contributed by atoms with Gasteiger partial charge in [0.2, 0.25) is 0 Å². The van der Waals surface area contributed by atoms with Crippen LogP contribution in [0.15, 0.2) is 41.2 Å². The number of hydrogen-bond donors (Lipinski definition) is 1. The van der Waals surface area contributed by atoms with Gasteiger partial charge in [-0.2, -0.15) is 0 Å². The second-order valence-corrected chi connectivity index (χ2v) is 8.60. The van der Waals surface area contributed by atoms with Crippen LogP contribution >= 0.6 is 23.2 Å². The minimum atomic E-state index is -1.07. The molecule has 1 aliphatic rings. The number of halogens is 2. The third-order valence-corrected chi connectivity index (χ3v) is 5.77. The molecule has 1 amide bonds. The highest BCUT2D eigenvalue weighted by Crippen LogP contribution is 2.23.